The van der Waals surface area contributed by atoms with Crippen molar-refractivity contribution in [1.29, 1.82) is 0 Å². The van der Waals surface area contributed by atoms with Crippen molar-refractivity contribution in [3.05, 3.63) is 0 Å². The van der Waals surface area contributed by atoms with Crippen LogP contribution in [0.1, 0.15) is 190 Å². The first-order chi connectivity index (χ1) is 17.2. The van der Waals surface area contributed by atoms with Gasteiger partial charge in [0.1, 0.15) is 0 Å². The lowest BCUT2D eigenvalue weighted by Gasteiger charge is -2.41. The largest absolute Gasteiger partial charge is 0.390 e. The summed E-state index contributed by atoms with van der Waals surface area (Å²) in [4.78, 5) is 0. The quantitative estimate of drug-likeness (QED) is 0.257. The van der Waals surface area contributed by atoms with Gasteiger partial charge in [0.25, 0.3) is 0 Å². The van der Waals surface area contributed by atoms with Crippen molar-refractivity contribution >= 4 is 0 Å². The second-order valence-corrected chi connectivity index (χ2v) is 19.0. The molecule has 0 saturated heterocycles. The number of aliphatic hydroxyl groups is 3. The maximum absolute atomic E-state index is 10.5. The van der Waals surface area contributed by atoms with Gasteiger partial charge in [0, 0.05) is 0 Å². The third-order valence-corrected chi connectivity index (χ3v) is 9.24. The lowest BCUT2D eigenvalue weighted by molar-refractivity contribution is -0.0736. The van der Waals surface area contributed by atoms with Crippen LogP contribution >= 0.6 is 0 Å². The summed E-state index contributed by atoms with van der Waals surface area (Å²) in [7, 11) is 0. The van der Waals surface area contributed by atoms with Crippen LogP contribution in [0.25, 0.3) is 0 Å². The average Bonchev–Trinajstić information content (AvgIpc) is 2.72. The van der Waals surface area contributed by atoms with E-state index in [2.05, 4.69) is 132 Å². The molecule has 0 spiro atoms. The fraction of sp³-hybridized carbons (Fsp3) is 1.00. The monoisotopic (exact) mass is 573 g/mol. The van der Waals surface area contributed by atoms with Crippen molar-refractivity contribution in [2.45, 2.75) is 207 Å². The maximum atomic E-state index is 10.5. The summed E-state index contributed by atoms with van der Waals surface area (Å²) in [5, 5.41) is 31.0. The van der Waals surface area contributed by atoms with E-state index < -0.39 is 16.8 Å². The highest BCUT2D eigenvalue weighted by Crippen LogP contribution is 2.39. The van der Waals surface area contributed by atoms with Crippen LogP contribution in [0.3, 0.4) is 0 Å². The van der Waals surface area contributed by atoms with Crippen LogP contribution in [-0.4, -0.2) is 32.1 Å². The van der Waals surface area contributed by atoms with Gasteiger partial charge in [-0.3, -0.25) is 0 Å². The lowest BCUT2D eigenvalue weighted by Crippen LogP contribution is -2.42. The van der Waals surface area contributed by atoms with Gasteiger partial charge < -0.3 is 15.3 Å². The second-order valence-electron chi connectivity index (χ2n) is 19.0. The molecule has 0 fully saturated rings. The van der Waals surface area contributed by atoms with E-state index in [-0.39, 0.29) is 10.8 Å². The molecule has 0 radical (unpaired) electrons. The molecule has 3 unspecified atom stereocenters. The van der Waals surface area contributed by atoms with Crippen molar-refractivity contribution in [3.63, 3.8) is 0 Å². The van der Waals surface area contributed by atoms with Gasteiger partial charge in [-0.2, -0.15) is 0 Å². The van der Waals surface area contributed by atoms with Crippen molar-refractivity contribution in [2.24, 2.45) is 33.0 Å². The Morgan fingerprint density at radius 3 is 0.975 bits per heavy atom. The predicted molar refractivity (Wildman–Crippen MR) is 181 cm³/mol. The molecule has 0 aromatic carbocycles. The molecular weight excluding hydrogens is 492 g/mol. The van der Waals surface area contributed by atoms with Gasteiger partial charge in [0.2, 0.25) is 0 Å². The van der Waals surface area contributed by atoms with Crippen LogP contribution in [0, 0.1) is 33.0 Å². The van der Waals surface area contributed by atoms with Gasteiger partial charge in [-0.15, -0.1) is 0 Å². The standard InChI is InChI=1S/C13H28O.2C12H26O/c1-8-13(14,12(5,6)7)10-9-11(2,3)4;1-10(2,3)8-9-12(7,13)11(4,5)6;1-7-12(13,10(2)3)9-8-11(4,5)6/h14H,8-10H2,1-7H3;13H,8-9H2,1-7H3;10,13H,7-9H2,1-6H3. The van der Waals surface area contributed by atoms with E-state index in [1.54, 1.807) is 0 Å². The first-order valence-electron chi connectivity index (χ1n) is 16.4. The van der Waals surface area contributed by atoms with E-state index >= 15 is 0 Å². The summed E-state index contributed by atoms with van der Waals surface area (Å²) in [6.07, 6.45) is 7.63. The molecule has 3 atom stereocenters. The minimum atomic E-state index is -0.555. The van der Waals surface area contributed by atoms with Crippen LogP contribution in [0.5, 0.6) is 0 Å². The molecule has 0 aliphatic heterocycles. The summed E-state index contributed by atoms with van der Waals surface area (Å²) < 4.78 is 0. The summed E-state index contributed by atoms with van der Waals surface area (Å²) in [5.41, 5.74) is -0.610. The summed E-state index contributed by atoms with van der Waals surface area (Å²) in [6, 6.07) is 0. The summed E-state index contributed by atoms with van der Waals surface area (Å²) >= 11 is 0. The molecule has 3 heteroatoms. The Hall–Kier alpha value is -0.120. The Labute approximate surface area is 254 Å². The molecule has 0 bridgehead atoms. The Morgan fingerprint density at radius 1 is 0.425 bits per heavy atom. The molecule has 246 valence electrons. The van der Waals surface area contributed by atoms with Crippen LogP contribution in [0.2, 0.25) is 0 Å². The topological polar surface area (TPSA) is 60.7 Å². The normalized spacial score (nSPS) is 18.0. The number of hydrogen-bond donors (Lipinski definition) is 3. The van der Waals surface area contributed by atoms with Gasteiger partial charge >= 0.3 is 0 Å². The Bertz CT molecular complexity index is 637. The molecule has 0 saturated carbocycles. The molecule has 0 heterocycles. The Morgan fingerprint density at radius 2 is 0.750 bits per heavy atom. The van der Waals surface area contributed by atoms with Crippen molar-refractivity contribution < 1.29 is 15.3 Å². The predicted octanol–water partition coefficient (Wildman–Crippen LogP) is 11.2. The molecular formula is C37H80O3. The summed E-state index contributed by atoms with van der Waals surface area (Å²) in [5.74, 6) is 0.361. The third kappa shape index (κ3) is 19.9. The minimum Gasteiger partial charge on any atom is -0.390 e. The molecule has 0 aromatic heterocycles. The first kappa shape index (κ1) is 44.3. The fourth-order valence-electron chi connectivity index (χ4n) is 4.12. The second kappa shape index (κ2) is 16.1. The van der Waals surface area contributed by atoms with E-state index in [1.165, 1.54) is 0 Å². The number of hydrogen-bond acceptors (Lipinski definition) is 3. The van der Waals surface area contributed by atoms with Gasteiger partial charge in [-0.05, 0) is 91.3 Å². The lowest BCUT2D eigenvalue weighted by atomic mass is 9.70. The Balaban J connectivity index is -0.000000514. The van der Waals surface area contributed by atoms with E-state index in [0.717, 1.165) is 51.4 Å². The molecule has 0 amide bonds. The zero-order valence-electron chi connectivity index (χ0n) is 31.6. The van der Waals surface area contributed by atoms with Gasteiger partial charge in [-0.1, -0.05) is 132 Å². The van der Waals surface area contributed by atoms with E-state index in [0.29, 0.717) is 22.2 Å². The first-order valence-corrected chi connectivity index (χ1v) is 16.4. The molecule has 0 aliphatic carbocycles. The molecule has 0 rings (SSSR count). The zero-order valence-corrected chi connectivity index (χ0v) is 31.6. The van der Waals surface area contributed by atoms with Crippen molar-refractivity contribution in [1.82, 2.24) is 0 Å². The average molecular weight is 573 g/mol. The van der Waals surface area contributed by atoms with Crippen LogP contribution < -0.4 is 0 Å². The van der Waals surface area contributed by atoms with Crippen LogP contribution in [0.4, 0.5) is 0 Å². The summed E-state index contributed by atoms with van der Waals surface area (Å²) in [6.45, 7) is 43.0. The van der Waals surface area contributed by atoms with Gasteiger partial charge in [-0.25, -0.2) is 0 Å². The maximum Gasteiger partial charge on any atom is 0.0693 e. The molecule has 3 nitrogen and oxygen atoms in total. The SMILES string of the molecule is CC(C)(C)CCC(C)(O)C(C)(C)C.CCC(O)(CCC(C)(C)C)C(C)(C)C.CCC(O)(CCC(C)(C)C)C(C)C. The highest BCUT2D eigenvalue weighted by atomic mass is 16.3. The van der Waals surface area contributed by atoms with Gasteiger partial charge in [0.15, 0.2) is 0 Å². The highest BCUT2D eigenvalue weighted by Gasteiger charge is 2.38. The van der Waals surface area contributed by atoms with Gasteiger partial charge in [0.05, 0.1) is 16.8 Å². The molecule has 0 aromatic rings. The number of rotatable bonds is 9. The minimum absolute atomic E-state index is 0.0208. The van der Waals surface area contributed by atoms with Crippen molar-refractivity contribution in [2.75, 3.05) is 0 Å². The van der Waals surface area contributed by atoms with E-state index in [1.807, 2.05) is 6.92 Å². The van der Waals surface area contributed by atoms with E-state index in [9.17, 15) is 15.3 Å². The van der Waals surface area contributed by atoms with Crippen molar-refractivity contribution in [3.8, 4) is 0 Å². The molecule has 3 N–H and O–H groups in total. The Kier molecular flexibility index (Phi) is 17.8. The smallest absolute Gasteiger partial charge is 0.0693 e. The van der Waals surface area contributed by atoms with Crippen LogP contribution in [-0.2, 0) is 0 Å². The van der Waals surface area contributed by atoms with E-state index in [4.69, 9.17) is 0 Å². The molecule has 0 aliphatic rings. The van der Waals surface area contributed by atoms with Crippen LogP contribution in [0.15, 0.2) is 0 Å². The third-order valence-electron chi connectivity index (χ3n) is 9.24. The zero-order chi connectivity index (χ0) is 33.2. The molecule has 40 heavy (non-hydrogen) atoms. The highest BCUT2D eigenvalue weighted by molar-refractivity contribution is 4.90. The fourth-order valence-corrected chi connectivity index (χ4v) is 4.12.